The molecule has 2 atom stereocenters. The van der Waals surface area contributed by atoms with Crippen LogP contribution in [0.1, 0.15) is 39.5 Å². The maximum absolute atomic E-state index is 12.2. The molecule has 0 aromatic heterocycles. The van der Waals surface area contributed by atoms with E-state index in [9.17, 15) is 4.79 Å². The highest BCUT2D eigenvalue weighted by Crippen LogP contribution is 2.24. The highest BCUT2D eigenvalue weighted by Gasteiger charge is 2.32. The molecule has 3 nitrogen and oxygen atoms in total. The molecule has 0 bridgehead atoms. The summed E-state index contributed by atoms with van der Waals surface area (Å²) in [6.07, 6.45) is 4.64. The van der Waals surface area contributed by atoms with Crippen molar-refractivity contribution in [2.24, 2.45) is 11.8 Å². The molecule has 100 valence electrons. The minimum atomic E-state index is 0. The third-order valence-corrected chi connectivity index (χ3v) is 4.09. The van der Waals surface area contributed by atoms with Crippen LogP contribution in [0.3, 0.4) is 0 Å². The summed E-state index contributed by atoms with van der Waals surface area (Å²) in [4.78, 5) is 14.3. The van der Waals surface area contributed by atoms with Crippen LogP contribution in [0.25, 0.3) is 0 Å². The number of piperidine rings is 1. The van der Waals surface area contributed by atoms with Crippen molar-refractivity contribution in [1.82, 2.24) is 10.2 Å². The van der Waals surface area contributed by atoms with Crippen molar-refractivity contribution in [3.8, 4) is 0 Å². The first-order valence-corrected chi connectivity index (χ1v) is 6.70. The van der Waals surface area contributed by atoms with Crippen molar-refractivity contribution in [1.29, 1.82) is 0 Å². The Hall–Kier alpha value is -0.280. The molecule has 2 aliphatic rings. The lowest BCUT2D eigenvalue weighted by molar-refractivity contribution is -0.133. The monoisotopic (exact) mass is 260 g/mol. The van der Waals surface area contributed by atoms with Gasteiger partial charge in [-0.15, -0.1) is 12.4 Å². The molecular formula is C13H25ClN2O. The number of amides is 1. The van der Waals surface area contributed by atoms with E-state index >= 15 is 0 Å². The third kappa shape index (κ3) is 3.59. The number of nitrogens with one attached hydrogen (secondary N) is 1. The van der Waals surface area contributed by atoms with Gasteiger partial charge in [-0.25, -0.2) is 0 Å². The van der Waals surface area contributed by atoms with Crippen LogP contribution in [0, 0.1) is 11.8 Å². The van der Waals surface area contributed by atoms with Crippen molar-refractivity contribution in [3.05, 3.63) is 0 Å². The van der Waals surface area contributed by atoms with Crippen molar-refractivity contribution in [2.45, 2.75) is 45.6 Å². The summed E-state index contributed by atoms with van der Waals surface area (Å²) >= 11 is 0. The van der Waals surface area contributed by atoms with Gasteiger partial charge in [0.05, 0.1) is 6.04 Å². The molecule has 0 aliphatic carbocycles. The van der Waals surface area contributed by atoms with E-state index < -0.39 is 0 Å². The fourth-order valence-corrected chi connectivity index (χ4v) is 2.81. The predicted octanol–water partition coefficient (Wildman–Crippen LogP) is 2.05. The molecule has 2 fully saturated rings. The Morgan fingerprint density at radius 2 is 2.06 bits per heavy atom. The maximum Gasteiger partial charge on any atom is 0.239 e. The molecule has 0 aromatic rings. The van der Waals surface area contributed by atoms with Gasteiger partial charge in [-0.3, -0.25) is 4.79 Å². The van der Waals surface area contributed by atoms with Gasteiger partial charge >= 0.3 is 0 Å². The highest BCUT2D eigenvalue weighted by atomic mass is 35.5. The van der Waals surface area contributed by atoms with Crippen LogP contribution in [0.4, 0.5) is 0 Å². The normalized spacial score (nSPS) is 29.2. The first-order valence-electron chi connectivity index (χ1n) is 6.70. The van der Waals surface area contributed by atoms with Gasteiger partial charge < -0.3 is 10.2 Å². The van der Waals surface area contributed by atoms with E-state index in [1.54, 1.807) is 0 Å². The molecular weight excluding hydrogens is 236 g/mol. The molecule has 0 radical (unpaired) electrons. The Morgan fingerprint density at radius 3 is 2.59 bits per heavy atom. The number of halogens is 1. The SMILES string of the molecule is CC(C)C1CCN(C(=O)[C@H]2CCCCN2)C1.Cl. The van der Waals surface area contributed by atoms with Gasteiger partial charge in [-0.2, -0.15) is 0 Å². The van der Waals surface area contributed by atoms with Gasteiger partial charge in [0.25, 0.3) is 0 Å². The maximum atomic E-state index is 12.2. The lowest BCUT2D eigenvalue weighted by atomic mass is 9.95. The molecule has 4 heteroatoms. The van der Waals surface area contributed by atoms with E-state index in [2.05, 4.69) is 24.1 Å². The van der Waals surface area contributed by atoms with Crippen LogP contribution in [-0.4, -0.2) is 36.5 Å². The van der Waals surface area contributed by atoms with Gasteiger partial charge in [-0.1, -0.05) is 20.3 Å². The van der Waals surface area contributed by atoms with E-state index in [4.69, 9.17) is 0 Å². The summed E-state index contributed by atoms with van der Waals surface area (Å²) in [6.45, 7) is 7.49. The van der Waals surface area contributed by atoms with Crippen LogP contribution in [0.5, 0.6) is 0 Å². The van der Waals surface area contributed by atoms with E-state index in [-0.39, 0.29) is 18.4 Å². The van der Waals surface area contributed by atoms with Crippen molar-refractivity contribution in [3.63, 3.8) is 0 Å². The molecule has 2 aliphatic heterocycles. The van der Waals surface area contributed by atoms with Crippen LogP contribution in [0.15, 0.2) is 0 Å². The zero-order chi connectivity index (χ0) is 11.5. The number of nitrogens with zero attached hydrogens (tertiary/aromatic N) is 1. The first kappa shape index (κ1) is 14.8. The van der Waals surface area contributed by atoms with E-state index in [0.29, 0.717) is 17.7 Å². The summed E-state index contributed by atoms with van der Waals surface area (Å²) < 4.78 is 0. The van der Waals surface area contributed by atoms with Crippen LogP contribution < -0.4 is 5.32 Å². The Labute approximate surface area is 111 Å². The zero-order valence-electron chi connectivity index (χ0n) is 10.9. The highest BCUT2D eigenvalue weighted by molar-refractivity contribution is 5.85. The molecule has 1 N–H and O–H groups in total. The molecule has 2 heterocycles. The predicted molar refractivity (Wildman–Crippen MR) is 72.4 cm³/mol. The fraction of sp³-hybridized carbons (Fsp3) is 0.923. The van der Waals surface area contributed by atoms with Crippen LogP contribution >= 0.6 is 12.4 Å². The Kier molecular flexibility index (Phi) is 5.74. The molecule has 1 amide bonds. The lowest BCUT2D eigenvalue weighted by Crippen LogP contribution is -2.47. The Bertz CT molecular complexity index is 252. The smallest absolute Gasteiger partial charge is 0.239 e. The fourth-order valence-electron chi connectivity index (χ4n) is 2.81. The van der Waals surface area contributed by atoms with Crippen LogP contribution in [0.2, 0.25) is 0 Å². The van der Waals surface area contributed by atoms with Crippen molar-refractivity contribution < 1.29 is 4.79 Å². The molecule has 0 saturated carbocycles. The number of rotatable bonds is 2. The molecule has 1 unspecified atom stereocenters. The second-order valence-corrected chi connectivity index (χ2v) is 5.58. The largest absolute Gasteiger partial charge is 0.341 e. The van der Waals surface area contributed by atoms with Crippen LogP contribution in [-0.2, 0) is 4.79 Å². The van der Waals surface area contributed by atoms with Gasteiger partial charge in [0, 0.05) is 13.1 Å². The van der Waals surface area contributed by atoms with Gasteiger partial charge in [0.15, 0.2) is 0 Å². The topological polar surface area (TPSA) is 32.3 Å². The average molecular weight is 261 g/mol. The van der Waals surface area contributed by atoms with Gasteiger partial charge in [0.1, 0.15) is 0 Å². The quantitative estimate of drug-likeness (QED) is 0.824. The second-order valence-electron chi connectivity index (χ2n) is 5.58. The standard InChI is InChI=1S/C13H24N2O.ClH/c1-10(2)11-6-8-15(9-11)13(16)12-5-3-4-7-14-12;/h10-12,14H,3-9H2,1-2H3;1H/t11?,12-;/m1./s1. The minimum Gasteiger partial charge on any atom is -0.341 e. The molecule has 17 heavy (non-hydrogen) atoms. The van der Waals surface area contributed by atoms with Gasteiger partial charge in [0.2, 0.25) is 5.91 Å². The third-order valence-electron chi connectivity index (χ3n) is 4.09. The summed E-state index contributed by atoms with van der Waals surface area (Å²) in [5, 5.41) is 3.35. The second kappa shape index (κ2) is 6.60. The van der Waals surface area contributed by atoms with E-state index in [1.165, 1.54) is 19.3 Å². The Balaban J connectivity index is 0.00000144. The van der Waals surface area contributed by atoms with Gasteiger partial charge in [-0.05, 0) is 37.6 Å². The number of likely N-dealkylation sites (tertiary alicyclic amines) is 1. The molecule has 2 rings (SSSR count). The number of hydrogen-bond donors (Lipinski definition) is 1. The summed E-state index contributed by atoms with van der Waals surface area (Å²) in [5.41, 5.74) is 0. The lowest BCUT2D eigenvalue weighted by Gasteiger charge is -2.27. The number of carbonyl (C=O) groups excluding carboxylic acids is 1. The summed E-state index contributed by atoms with van der Waals surface area (Å²) in [7, 11) is 0. The van der Waals surface area contributed by atoms with Crippen molar-refractivity contribution in [2.75, 3.05) is 19.6 Å². The number of hydrogen-bond acceptors (Lipinski definition) is 2. The average Bonchev–Trinajstić information content (AvgIpc) is 2.78. The summed E-state index contributed by atoms with van der Waals surface area (Å²) in [5.74, 6) is 1.77. The number of carbonyl (C=O) groups is 1. The van der Waals surface area contributed by atoms with E-state index in [0.717, 1.165) is 26.1 Å². The summed E-state index contributed by atoms with van der Waals surface area (Å²) in [6, 6.07) is 0.111. The molecule has 0 spiro atoms. The van der Waals surface area contributed by atoms with E-state index in [1.807, 2.05) is 0 Å². The first-order chi connectivity index (χ1) is 7.68. The minimum absolute atomic E-state index is 0. The zero-order valence-corrected chi connectivity index (χ0v) is 11.8. The van der Waals surface area contributed by atoms with Crippen molar-refractivity contribution >= 4 is 18.3 Å². The Morgan fingerprint density at radius 1 is 1.29 bits per heavy atom. The molecule has 2 saturated heterocycles. The molecule has 0 aromatic carbocycles.